The van der Waals surface area contributed by atoms with Crippen LogP contribution in [0, 0.1) is 17.5 Å². The van der Waals surface area contributed by atoms with E-state index in [0.717, 1.165) is 6.07 Å². The Labute approximate surface area is 174 Å². The lowest BCUT2D eigenvalue weighted by atomic mass is 10.1. The van der Waals surface area contributed by atoms with Gasteiger partial charge in [0.25, 0.3) is 0 Å². The third-order valence-electron chi connectivity index (χ3n) is 4.46. The van der Waals surface area contributed by atoms with Crippen LogP contribution in [0.4, 0.5) is 13.2 Å². The fraction of sp³-hybridized carbons (Fsp3) is 0.0952. The highest BCUT2D eigenvalue weighted by Crippen LogP contribution is 2.33. The van der Waals surface area contributed by atoms with Crippen molar-refractivity contribution in [2.45, 2.75) is 13.0 Å². The molecule has 0 saturated heterocycles. The summed E-state index contributed by atoms with van der Waals surface area (Å²) in [5, 5.41) is 0.157. The van der Waals surface area contributed by atoms with Crippen LogP contribution in [0.5, 0.6) is 0 Å². The van der Waals surface area contributed by atoms with Gasteiger partial charge in [0, 0.05) is 34.6 Å². The van der Waals surface area contributed by atoms with Crippen molar-refractivity contribution >= 4 is 34.2 Å². The molecule has 29 heavy (non-hydrogen) atoms. The first-order valence-electron chi connectivity index (χ1n) is 8.57. The van der Waals surface area contributed by atoms with Gasteiger partial charge in [0.1, 0.15) is 23.0 Å². The fourth-order valence-electron chi connectivity index (χ4n) is 3.10. The van der Waals surface area contributed by atoms with Crippen molar-refractivity contribution in [2.24, 2.45) is 0 Å². The van der Waals surface area contributed by atoms with Crippen LogP contribution in [-0.2, 0) is 0 Å². The summed E-state index contributed by atoms with van der Waals surface area (Å²) in [4.78, 5) is 10.2. The van der Waals surface area contributed by atoms with E-state index in [1.165, 1.54) is 35.2 Å². The lowest BCUT2D eigenvalue weighted by molar-refractivity contribution is 0.0562. The van der Waals surface area contributed by atoms with Gasteiger partial charge in [0.15, 0.2) is 6.10 Å². The third kappa shape index (κ3) is 3.78. The van der Waals surface area contributed by atoms with Crippen LogP contribution in [0.2, 0.25) is 10.0 Å². The van der Waals surface area contributed by atoms with Crippen LogP contribution in [0.25, 0.3) is 22.2 Å². The predicted molar refractivity (Wildman–Crippen MR) is 107 cm³/mol. The van der Waals surface area contributed by atoms with Gasteiger partial charge in [-0.05, 0) is 48.9 Å². The van der Waals surface area contributed by atoms with Crippen molar-refractivity contribution in [1.29, 1.82) is 0 Å². The topological polar surface area (TPSA) is 27.1 Å². The molecule has 0 amide bonds. The summed E-state index contributed by atoms with van der Waals surface area (Å²) in [6.45, 7) is 1.68. The fourth-order valence-corrected chi connectivity index (χ4v) is 3.77. The first-order valence-corrected chi connectivity index (χ1v) is 9.33. The number of halogens is 5. The molecular formula is C21H13Cl2F3N2O. The minimum atomic E-state index is -0.685. The zero-order valence-corrected chi connectivity index (χ0v) is 16.5. The second-order valence-electron chi connectivity index (χ2n) is 6.43. The van der Waals surface area contributed by atoms with Gasteiger partial charge in [0.2, 0.25) is 0 Å². The smallest absolute Gasteiger partial charge is 0.150 e. The molecule has 148 valence electrons. The molecule has 0 saturated carbocycles. The maximum atomic E-state index is 13.8. The molecule has 0 bridgehead atoms. The van der Waals surface area contributed by atoms with Crippen LogP contribution >= 0.6 is 23.2 Å². The van der Waals surface area contributed by atoms with Gasteiger partial charge in [-0.3, -0.25) is 4.98 Å². The van der Waals surface area contributed by atoms with Crippen molar-refractivity contribution in [3.8, 4) is 11.1 Å². The van der Waals surface area contributed by atoms with E-state index >= 15 is 0 Å². The van der Waals surface area contributed by atoms with E-state index in [0.29, 0.717) is 27.7 Å². The second kappa shape index (κ2) is 7.61. The monoisotopic (exact) mass is 436 g/mol. The highest BCUT2D eigenvalue weighted by Gasteiger charge is 2.20. The minimum absolute atomic E-state index is 0.115. The molecule has 1 atom stereocenters. The van der Waals surface area contributed by atoms with Gasteiger partial charge in [-0.1, -0.05) is 23.2 Å². The summed E-state index contributed by atoms with van der Waals surface area (Å²) >= 11 is 12.2. The standard InChI is InChI=1S/C21H13Cl2F3N2O/c1-11(20-16(22)2-3-17(26)21(20)23)29-28-5-4-18-19(28)8-13(10-27-18)12-6-14(24)9-15(25)7-12/h2-11H,1H3. The SMILES string of the molecule is CC(On1ccc2ncc(-c3cc(F)cc(F)c3)cc21)c1c(Cl)ccc(F)c1Cl. The number of hydrogen-bond acceptors (Lipinski definition) is 2. The van der Waals surface area contributed by atoms with E-state index in [2.05, 4.69) is 4.98 Å². The molecule has 8 heteroatoms. The summed E-state index contributed by atoms with van der Waals surface area (Å²) in [6.07, 6.45) is 2.46. The summed E-state index contributed by atoms with van der Waals surface area (Å²) in [5.41, 5.74) is 2.33. The maximum absolute atomic E-state index is 13.8. The highest BCUT2D eigenvalue weighted by atomic mass is 35.5. The van der Waals surface area contributed by atoms with E-state index in [1.807, 2.05) is 0 Å². The van der Waals surface area contributed by atoms with E-state index in [4.69, 9.17) is 28.0 Å². The molecule has 0 aliphatic heterocycles. The maximum Gasteiger partial charge on any atom is 0.150 e. The predicted octanol–water partition coefficient (Wildman–Crippen LogP) is 6.62. The van der Waals surface area contributed by atoms with E-state index in [1.54, 1.807) is 25.3 Å². The lowest BCUT2D eigenvalue weighted by Crippen LogP contribution is -2.16. The molecule has 2 heterocycles. The molecule has 0 N–H and O–H groups in total. The Morgan fingerprint density at radius 1 is 0.966 bits per heavy atom. The summed E-state index contributed by atoms with van der Waals surface area (Å²) in [7, 11) is 0. The van der Waals surface area contributed by atoms with Gasteiger partial charge in [-0.25, -0.2) is 13.2 Å². The molecule has 0 spiro atoms. The molecule has 0 aliphatic carbocycles. The van der Waals surface area contributed by atoms with Gasteiger partial charge >= 0.3 is 0 Å². The Morgan fingerprint density at radius 3 is 2.41 bits per heavy atom. The van der Waals surface area contributed by atoms with Crippen molar-refractivity contribution in [2.75, 3.05) is 0 Å². The van der Waals surface area contributed by atoms with Gasteiger partial charge in [-0.2, -0.15) is 4.73 Å². The highest BCUT2D eigenvalue weighted by molar-refractivity contribution is 6.36. The average Bonchev–Trinajstić information content (AvgIpc) is 3.06. The Morgan fingerprint density at radius 2 is 1.69 bits per heavy atom. The number of pyridine rings is 1. The Hall–Kier alpha value is -2.70. The molecule has 3 nitrogen and oxygen atoms in total. The molecule has 4 rings (SSSR count). The zero-order valence-electron chi connectivity index (χ0n) is 15.0. The molecule has 0 fully saturated rings. The van der Waals surface area contributed by atoms with Crippen LogP contribution in [0.3, 0.4) is 0 Å². The van der Waals surface area contributed by atoms with E-state index < -0.39 is 23.6 Å². The number of rotatable bonds is 4. The zero-order chi connectivity index (χ0) is 20.7. The van der Waals surface area contributed by atoms with Gasteiger partial charge in [0.05, 0.1) is 10.5 Å². The molecule has 0 radical (unpaired) electrons. The molecular weight excluding hydrogens is 424 g/mol. The number of fused-ring (bicyclic) bond motifs is 1. The number of aromatic nitrogens is 2. The minimum Gasteiger partial charge on any atom is -0.406 e. The molecule has 1 unspecified atom stereocenters. The van der Waals surface area contributed by atoms with Crippen LogP contribution in [0.15, 0.2) is 54.9 Å². The largest absolute Gasteiger partial charge is 0.406 e. The van der Waals surface area contributed by atoms with Crippen molar-refractivity contribution in [1.82, 2.24) is 9.71 Å². The summed E-state index contributed by atoms with van der Waals surface area (Å²) in [6, 6.07) is 9.23. The molecule has 2 aromatic heterocycles. The summed E-state index contributed by atoms with van der Waals surface area (Å²) in [5.74, 6) is -1.97. The Kier molecular flexibility index (Phi) is 5.15. The first kappa shape index (κ1) is 19.6. The first-order chi connectivity index (χ1) is 13.8. The summed E-state index contributed by atoms with van der Waals surface area (Å²) < 4.78 is 42.4. The van der Waals surface area contributed by atoms with Crippen LogP contribution < -0.4 is 4.84 Å². The van der Waals surface area contributed by atoms with Gasteiger partial charge in [-0.15, -0.1) is 0 Å². The quantitative estimate of drug-likeness (QED) is 0.336. The van der Waals surface area contributed by atoms with Crippen molar-refractivity contribution in [3.63, 3.8) is 0 Å². The van der Waals surface area contributed by atoms with Crippen molar-refractivity contribution in [3.05, 3.63) is 87.9 Å². The van der Waals surface area contributed by atoms with Gasteiger partial charge < -0.3 is 4.84 Å². The van der Waals surface area contributed by atoms with E-state index in [9.17, 15) is 13.2 Å². The van der Waals surface area contributed by atoms with Crippen molar-refractivity contribution < 1.29 is 18.0 Å². The molecule has 0 aliphatic rings. The number of hydrogen-bond donors (Lipinski definition) is 0. The Balaban J connectivity index is 1.73. The molecule has 2 aromatic carbocycles. The van der Waals surface area contributed by atoms with E-state index in [-0.39, 0.29) is 10.0 Å². The lowest BCUT2D eigenvalue weighted by Gasteiger charge is -2.19. The normalized spacial score (nSPS) is 12.3. The average molecular weight is 437 g/mol. The van der Waals surface area contributed by atoms with Crippen LogP contribution in [0.1, 0.15) is 18.6 Å². The number of benzene rings is 2. The number of nitrogens with zero attached hydrogens (tertiary/aromatic N) is 2. The molecule has 4 aromatic rings. The Bertz CT molecular complexity index is 1210. The second-order valence-corrected chi connectivity index (χ2v) is 7.22. The van der Waals surface area contributed by atoms with Crippen LogP contribution in [-0.4, -0.2) is 9.71 Å². The third-order valence-corrected chi connectivity index (χ3v) is 5.17.